The number of nitrogens with two attached hydrogens (primary N) is 1. The van der Waals surface area contributed by atoms with Crippen molar-refractivity contribution < 1.29 is 0 Å². The lowest BCUT2D eigenvalue weighted by atomic mass is 10.2. The van der Waals surface area contributed by atoms with Gasteiger partial charge in [-0.1, -0.05) is 23.2 Å². The number of fused-ring (bicyclic) bond motifs is 1. The third-order valence-electron chi connectivity index (χ3n) is 3.02. The maximum Gasteiger partial charge on any atom is 0.194 e. The molecule has 0 saturated heterocycles. The van der Waals surface area contributed by atoms with Crippen molar-refractivity contribution in [3.05, 3.63) is 45.5 Å². The van der Waals surface area contributed by atoms with Gasteiger partial charge in [0.1, 0.15) is 0 Å². The third-order valence-corrected chi connectivity index (χ3v) is 4.46. The second kappa shape index (κ2) is 5.37. The molecule has 0 fully saturated rings. The van der Waals surface area contributed by atoms with Gasteiger partial charge < -0.3 is 5.73 Å². The van der Waals surface area contributed by atoms with E-state index in [1.54, 1.807) is 17.4 Å². The van der Waals surface area contributed by atoms with Crippen LogP contribution in [0.3, 0.4) is 0 Å². The van der Waals surface area contributed by atoms with Gasteiger partial charge in [0.15, 0.2) is 4.96 Å². The van der Waals surface area contributed by atoms with Gasteiger partial charge in [-0.25, -0.2) is 4.98 Å². The van der Waals surface area contributed by atoms with E-state index in [1.165, 1.54) is 5.69 Å². The van der Waals surface area contributed by atoms with Crippen LogP contribution in [-0.4, -0.2) is 15.4 Å². The van der Waals surface area contributed by atoms with Crippen LogP contribution in [0.15, 0.2) is 29.8 Å². The van der Waals surface area contributed by atoms with E-state index >= 15 is 0 Å². The number of rotatable bonds is 3. The Labute approximate surface area is 131 Å². The Bertz CT molecular complexity index is 761. The molecule has 0 saturated carbocycles. The molecular weight excluding hydrogens is 313 g/mol. The SMILES string of the molecule is CC(N)Cc1csc2nc(-c3ccc(Cl)cc3Cl)cn12. The molecule has 0 aliphatic heterocycles. The highest BCUT2D eigenvalue weighted by molar-refractivity contribution is 7.15. The summed E-state index contributed by atoms with van der Waals surface area (Å²) in [5, 5.41) is 3.33. The average molecular weight is 326 g/mol. The Morgan fingerprint density at radius 2 is 2.20 bits per heavy atom. The number of benzene rings is 1. The molecule has 3 rings (SSSR count). The number of hydrogen-bond donors (Lipinski definition) is 1. The van der Waals surface area contributed by atoms with Crippen molar-refractivity contribution in [3.63, 3.8) is 0 Å². The summed E-state index contributed by atoms with van der Waals surface area (Å²) in [6, 6.07) is 5.56. The number of hydrogen-bond acceptors (Lipinski definition) is 3. The van der Waals surface area contributed by atoms with Crippen molar-refractivity contribution in [1.82, 2.24) is 9.38 Å². The van der Waals surface area contributed by atoms with Gasteiger partial charge in [0.05, 0.1) is 10.7 Å². The first-order valence-corrected chi connectivity index (χ1v) is 7.84. The molecule has 1 unspecified atom stereocenters. The molecule has 2 aromatic heterocycles. The molecule has 2 N–H and O–H groups in total. The lowest BCUT2D eigenvalue weighted by molar-refractivity contribution is 0.718. The molecule has 20 heavy (non-hydrogen) atoms. The fourth-order valence-electron chi connectivity index (χ4n) is 2.13. The Kier molecular flexibility index (Phi) is 3.73. The molecule has 1 atom stereocenters. The smallest absolute Gasteiger partial charge is 0.194 e. The first kappa shape index (κ1) is 13.9. The van der Waals surface area contributed by atoms with Crippen molar-refractivity contribution in [3.8, 4) is 11.3 Å². The summed E-state index contributed by atoms with van der Waals surface area (Å²) in [5.74, 6) is 0. The van der Waals surface area contributed by atoms with Crippen LogP contribution in [-0.2, 0) is 6.42 Å². The lowest BCUT2D eigenvalue weighted by Gasteiger charge is -2.03. The minimum atomic E-state index is 0.123. The fraction of sp³-hybridized carbons (Fsp3) is 0.214. The zero-order valence-corrected chi connectivity index (χ0v) is 13.1. The van der Waals surface area contributed by atoms with Gasteiger partial charge in [0.2, 0.25) is 0 Å². The minimum absolute atomic E-state index is 0.123. The van der Waals surface area contributed by atoms with E-state index in [-0.39, 0.29) is 6.04 Å². The van der Waals surface area contributed by atoms with E-state index < -0.39 is 0 Å². The van der Waals surface area contributed by atoms with Crippen LogP contribution >= 0.6 is 34.5 Å². The van der Waals surface area contributed by atoms with Crippen LogP contribution in [0.1, 0.15) is 12.6 Å². The van der Waals surface area contributed by atoms with E-state index in [1.807, 2.05) is 25.3 Å². The molecule has 0 bridgehead atoms. The van der Waals surface area contributed by atoms with Crippen molar-refractivity contribution in [2.24, 2.45) is 5.73 Å². The zero-order valence-electron chi connectivity index (χ0n) is 10.8. The van der Waals surface area contributed by atoms with E-state index in [9.17, 15) is 0 Å². The number of aromatic nitrogens is 2. The minimum Gasteiger partial charge on any atom is -0.328 e. The molecule has 3 nitrogen and oxygen atoms in total. The summed E-state index contributed by atoms with van der Waals surface area (Å²) in [6.45, 7) is 2.00. The van der Waals surface area contributed by atoms with Crippen LogP contribution in [0, 0.1) is 0 Å². The Morgan fingerprint density at radius 1 is 1.40 bits per heavy atom. The summed E-state index contributed by atoms with van der Waals surface area (Å²) in [5.41, 5.74) is 8.78. The first-order valence-electron chi connectivity index (χ1n) is 6.21. The van der Waals surface area contributed by atoms with Gasteiger partial charge in [-0.15, -0.1) is 11.3 Å². The molecule has 0 aliphatic carbocycles. The molecular formula is C14H13Cl2N3S. The highest BCUT2D eigenvalue weighted by Crippen LogP contribution is 2.31. The van der Waals surface area contributed by atoms with Crippen LogP contribution in [0.4, 0.5) is 0 Å². The van der Waals surface area contributed by atoms with Gasteiger partial charge >= 0.3 is 0 Å². The standard InChI is InChI=1S/C14H13Cl2N3S/c1-8(17)4-10-7-20-14-18-13(6-19(10)14)11-3-2-9(15)5-12(11)16/h2-3,5-8H,4,17H2,1H3. The molecule has 6 heteroatoms. The summed E-state index contributed by atoms with van der Waals surface area (Å²) >= 11 is 13.8. The number of halogens is 2. The average Bonchev–Trinajstić information content (AvgIpc) is 2.91. The topological polar surface area (TPSA) is 43.3 Å². The molecule has 0 radical (unpaired) electrons. The van der Waals surface area contributed by atoms with Gasteiger partial charge in [0.25, 0.3) is 0 Å². The van der Waals surface area contributed by atoms with Gasteiger partial charge in [0, 0.05) is 40.3 Å². The van der Waals surface area contributed by atoms with Gasteiger partial charge in [-0.2, -0.15) is 0 Å². The van der Waals surface area contributed by atoms with E-state index in [0.717, 1.165) is 22.6 Å². The largest absolute Gasteiger partial charge is 0.328 e. The maximum absolute atomic E-state index is 6.23. The Hall–Kier alpha value is -1.07. The van der Waals surface area contributed by atoms with Crippen LogP contribution in [0.2, 0.25) is 10.0 Å². The highest BCUT2D eigenvalue weighted by Gasteiger charge is 2.12. The summed E-state index contributed by atoms with van der Waals surface area (Å²) in [7, 11) is 0. The zero-order chi connectivity index (χ0) is 14.3. The summed E-state index contributed by atoms with van der Waals surface area (Å²) in [6.07, 6.45) is 2.82. The van der Waals surface area contributed by atoms with Crippen molar-refractivity contribution in [2.45, 2.75) is 19.4 Å². The van der Waals surface area contributed by atoms with E-state index in [2.05, 4.69) is 14.8 Å². The quantitative estimate of drug-likeness (QED) is 0.781. The van der Waals surface area contributed by atoms with Crippen molar-refractivity contribution in [2.75, 3.05) is 0 Å². The number of thiazole rings is 1. The fourth-order valence-corrected chi connectivity index (χ4v) is 3.52. The predicted octanol–water partition coefficient (Wildman–Crippen LogP) is 4.26. The molecule has 104 valence electrons. The number of nitrogens with zero attached hydrogens (tertiary/aromatic N) is 2. The summed E-state index contributed by atoms with van der Waals surface area (Å²) < 4.78 is 2.08. The van der Waals surface area contributed by atoms with E-state index in [4.69, 9.17) is 28.9 Å². The predicted molar refractivity (Wildman–Crippen MR) is 85.9 cm³/mol. The highest BCUT2D eigenvalue weighted by atomic mass is 35.5. The van der Waals surface area contributed by atoms with Crippen molar-refractivity contribution >= 4 is 39.5 Å². The number of imidazole rings is 1. The van der Waals surface area contributed by atoms with Gasteiger partial charge in [-0.05, 0) is 25.1 Å². The second-order valence-corrected chi connectivity index (χ2v) is 6.49. The third kappa shape index (κ3) is 2.56. The normalized spacial score (nSPS) is 13.0. The van der Waals surface area contributed by atoms with Gasteiger partial charge in [-0.3, -0.25) is 4.40 Å². The Balaban J connectivity index is 2.06. The summed E-state index contributed by atoms with van der Waals surface area (Å²) in [4.78, 5) is 5.56. The molecule has 0 spiro atoms. The van der Waals surface area contributed by atoms with Crippen LogP contribution in [0.25, 0.3) is 16.2 Å². The molecule has 2 heterocycles. The maximum atomic E-state index is 6.23. The first-order chi connectivity index (χ1) is 9.54. The lowest BCUT2D eigenvalue weighted by Crippen LogP contribution is -2.18. The Morgan fingerprint density at radius 3 is 2.90 bits per heavy atom. The monoisotopic (exact) mass is 325 g/mol. The van der Waals surface area contributed by atoms with Crippen LogP contribution < -0.4 is 5.73 Å². The second-order valence-electron chi connectivity index (χ2n) is 4.81. The molecule has 3 aromatic rings. The molecule has 0 aliphatic rings. The van der Waals surface area contributed by atoms with Crippen molar-refractivity contribution in [1.29, 1.82) is 0 Å². The molecule has 1 aromatic carbocycles. The molecule has 0 amide bonds. The van der Waals surface area contributed by atoms with E-state index in [0.29, 0.717) is 10.0 Å². The van der Waals surface area contributed by atoms with Crippen LogP contribution in [0.5, 0.6) is 0 Å².